The third-order valence-electron chi connectivity index (χ3n) is 4.85. The highest BCUT2D eigenvalue weighted by molar-refractivity contribution is 6.22. The van der Waals surface area contributed by atoms with Crippen LogP contribution >= 0.6 is 0 Å². The van der Waals surface area contributed by atoms with Gasteiger partial charge in [-0.3, -0.25) is 14.4 Å². The third kappa shape index (κ3) is 2.71. The van der Waals surface area contributed by atoms with Crippen molar-refractivity contribution in [3.63, 3.8) is 0 Å². The maximum atomic E-state index is 12.5. The normalized spacial score (nSPS) is 15.0. The first-order chi connectivity index (χ1) is 12.1. The van der Waals surface area contributed by atoms with Gasteiger partial charge in [0.05, 0.1) is 6.54 Å². The van der Waals surface area contributed by atoms with E-state index in [1.54, 1.807) is 29.2 Å². The number of ketones is 1. The number of carbonyl (C=O) groups is 3. The van der Waals surface area contributed by atoms with Crippen LogP contribution in [0.3, 0.4) is 0 Å². The van der Waals surface area contributed by atoms with Crippen LogP contribution in [0, 0.1) is 0 Å². The fourth-order valence-electron chi connectivity index (χ4n) is 3.51. The maximum Gasteiger partial charge on any atom is 0.251 e. The van der Waals surface area contributed by atoms with E-state index in [0.29, 0.717) is 16.7 Å². The number of hydrogen-bond donors (Lipinski definition) is 1. The molecule has 0 aromatic heterocycles. The minimum absolute atomic E-state index is 0.00983. The van der Waals surface area contributed by atoms with Crippen LogP contribution in [0.2, 0.25) is 0 Å². The van der Waals surface area contributed by atoms with E-state index in [4.69, 9.17) is 0 Å². The Hall–Kier alpha value is -2.95. The molecule has 1 N–H and O–H groups in total. The molecule has 2 aliphatic rings. The Kier molecular flexibility index (Phi) is 3.84. The van der Waals surface area contributed by atoms with Crippen LogP contribution in [0.25, 0.3) is 11.1 Å². The van der Waals surface area contributed by atoms with Crippen molar-refractivity contribution in [2.24, 2.45) is 0 Å². The van der Waals surface area contributed by atoms with Crippen LogP contribution in [0.15, 0.2) is 42.5 Å². The summed E-state index contributed by atoms with van der Waals surface area (Å²) in [5.41, 5.74) is 3.36. The van der Waals surface area contributed by atoms with Gasteiger partial charge >= 0.3 is 0 Å². The van der Waals surface area contributed by atoms with Crippen LogP contribution < -0.4 is 5.32 Å². The van der Waals surface area contributed by atoms with Gasteiger partial charge in [0.25, 0.3) is 5.91 Å². The lowest BCUT2D eigenvalue weighted by molar-refractivity contribution is -0.129. The zero-order valence-corrected chi connectivity index (χ0v) is 13.7. The molecule has 2 aromatic carbocycles. The van der Waals surface area contributed by atoms with Crippen LogP contribution in [0.4, 0.5) is 0 Å². The molecular weight excluding hydrogens is 316 g/mol. The summed E-state index contributed by atoms with van der Waals surface area (Å²) in [6.45, 7) is 1.52. The summed E-state index contributed by atoms with van der Waals surface area (Å²) in [7, 11) is 0. The van der Waals surface area contributed by atoms with Gasteiger partial charge < -0.3 is 10.2 Å². The van der Waals surface area contributed by atoms with E-state index in [-0.39, 0.29) is 24.1 Å². The highest BCUT2D eigenvalue weighted by Gasteiger charge is 2.27. The Morgan fingerprint density at radius 2 is 1.60 bits per heavy atom. The molecule has 0 saturated carbocycles. The zero-order valence-electron chi connectivity index (χ0n) is 13.7. The summed E-state index contributed by atoms with van der Waals surface area (Å²) in [5.74, 6) is -0.456. The van der Waals surface area contributed by atoms with Crippen molar-refractivity contribution in [2.75, 3.05) is 19.6 Å². The third-order valence-corrected chi connectivity index (χ3v) is 4.85. The number of amides is 2. The van der Waals surface area contributed by atoms with E-state index >= 15 is 0 Å². The molecule has 0 bridgehead atoms. The van der Waals surface area contributed by atoms with Crippen LogP contribution in [-0.4, -0.2) is 42.1 Å². The number of likely N-dealkylation sites (tertiary alicyclic amines) is 1. The van der Waals surface area contributed by atoms with Crippen molar-refractivity contribution in [1.29, 1.82) is 0 Å². The Labute approximate surface area is 145 Å². The molecule has 0 radical (unpaired) electrons. The van der Waals surface area contributed by atoms with Crippen molar-refractivity contribution in [3.05, 3.63) is 59.2 Å². The average Bonchev–Trinajstić information content (AvgIpc) is 3.27. The molecule has 4 rings (SSSR count). The molecular formula is C20H18N2O3. The van der Waals surface area contributed by atoms with Gasteiger partial charge in [-0.25, -0.2) is 0 Å². The summed E-state index contributed by atoms with van der Waals surface area (Å²) in [5, 5.41) is 2.66. The first kappa shape index (κ1) is 15.6. The van der Waals surface area contributed by atoms with E-state index in [1.165, 1.54) is 0 Å². The molecule has 126 valence electrons. The van der Waals surface area contributed by atoms with Gasteiger partial charge in [0.15, 0.2) is 5.78 Å². The van der Waals surface area contributed by atoms with E-state index in [0.717, 1.165) is 37.1 Å². The van der Waals surface area contributed by atoms with E-state index < -0.39 is 0 Å². The first-order valence-electron chi connectivity index (χ1n) is 8.49. The monoisotopic (exact) mass is 334 g/mol. The molecule has 1 aliphatic heterocycles. The molecule has 1 fully saturated rings. The molecule has 1 heterocycles. The molecule has 5 heteroatoms. The largest absolute Gasteiger partial charge is 0.343 e. The van der Waals surface area contributed by atoms with Crippen LogP contribution in [0.5, 0.6) is 0 Å². The van der Waals surface area contributed by atoms with E-state index in [9.17, 15) is 14.4 Å². The van der Waals surface area contributed by atoms with Gasteiger partial charge in [-0.05, 0) is 36.1 Å². The smallest absolute Gasteiger partial charge is 0.251 e. The van der Waals surface area contributed by atoms with E-state index in [1.807, 2.05) is 18.2 Å². The lowest BCUT2D eigenvalue weighted by Crippen LogP contribution is -2.38. The van der Waals surface area contributed by atoms with Crippen LogP contribution in [-0.2, 0) is 4.79 Å². The predicted octanol–water partition coefficient (Wildman–Crippen LogP) is 2.25. The number of nitrogens with zero attached hydrogens (tertiary/aromatic N) is 1. The highest BCUT2D eigenvalue weighted by atomic mass is 16.2. The standard InChI is InChI=1S/C20H18N2O3/c23-18(22-9-3-4-10-22)12-21-20(25)13-7-8-15-14-5-1-2-6-16(14)19(24)17(15)11-13/h1-2,5-8,11H,3-4,9-10,12H2,(H,21,25). The van der Waals surface area contributed by atoms with Crippen molar-refractivity contribution < 1.29 is 14.4 Å². The predicted molar refractivity (Wildman–Crippen MR) is 93.5 cm³/mol. The Bertz CT molecular complexity index is 882. The number of carbonyl (C=O) groups excluding carboxylic acids is 3. The topological polar surface area (TPSA) is 66.5 Å². The highest BCUT2D eigenvalue weighted by Crippen LogP contribution is 2.36. The summed E-state index contributed by atoms with van der Waals surface area (Å²) in [6.07, 6.45) is 2.04. The summed E-state index contributed by atoms with van der Waals surface area (Å²) in [4.78, 5) is 38.7. The SMILES string of the molecule is O=C(NCC(=O)N1CCCC1)c1ccc2c(c1)C(=O)c1ccccc1-2. The molecule has 25 heavy (non-hydrogen) atoms. The number of hydrogen-bond acceptors (Lipinski definition) is 3. The van der Waals surface area contributed by atoms with Gasteiger partial charge in [-0.1, -0.05) is 30.3 Å². The Balaban J connectivity index is 1.50. The number of rotatable bonds is 3. The Morgan fingerprint density at radius 1 is 0.920 bits per heavy atom. The molecule has 0 unspecified atom stereocenters. The number of benzene rings is 2. The minimum atomic E-state index is -0.334. The Morgan fingerprint density at radius 3 is 2.36 bits per heavy atom. The molecule has 1 aliphatic carbocycles. The number of nitrogens with one attached hydrogen (secondary N) is 1. The van der Waals surface area contributed by atoms with Gasteiger partial charge in [-0.2, -0.15) is 0 Å². The van der Waals surface area contributed by atoms with Gasteiger partial charge in [0, 0.05) is 29.8 Å². The van der Waals surface area contributed by atoms with Gasteiger partial charge in [0.2, 0.25) is 5.91 Å². The van der Waals surface area contributed by atoms with Crippen LogP contribution in [0.1, 0.15) is 39.1 Å². The molecule has 5 nitrogen and oxygen atoms in total. The lowest BCUT2D eigenvalue weighted by atomic mass is 10.0. The second kappa shape index (κ2) is 6.16. The second-order valence-corrected chi connectivity index (χ2v) is 6.41. The lowest BCUT2D eigenvalue weighted by Gasteiger charge is -2.15. The van der Waals surface area contributed by atoms with Crippen molar-refractivity contribution in [3.8, 4) is 11.1 Å². The number of fused-ring (bicyclic) bond motifs is 3. The molecule has 1 saturated heterocycles. The zero-order chi connectivity index (χ0) is 17.4. The summed E-state index contributed by atoms with van der Waals surface area (Å²) >= 11 is 0. The molecule has 2 amide bonds. The minimum Gasteiger partial charge on any atom is -0.343 e. The van der Waals surface area contributed by atoms with Crippen molar-refractivity contribution in [2.45, 2.75) is 12.8 Å². The quantitative estimate of drug-likeness (QED) is 0.799. The van der Waals surface area contributed by atoms with Gasteiger partial charge in [-0.15, -0.1) is 0 Å². The van der Waals surface area contributed by atoms with Crippen molar-refractivity contribution >= 4 is 17.6 Å². The molecule has 0 spiro atoms. The first-order valence-corrected chi connectivity index (χ1v) is 8.49. The average molecular weight is 334 g/mol. The molecule has 2 aromatic rings. The second-order valence-electron chi connectivity index (χ2n) is 6.41. The maximum absolute atomic E-state index is 12.5. The fourth-order valence-corrected chi connectivity index (χ4v) is 3.51. The molecule has 0 atom stereocenters. The summed E-state index contributed by atoms with van der Waals surface area (Å²) in [6, 6.07) is 12.6. The van der Waals surface area contributed by atoms with E-state index in [2.05, 4.69) is 5.32 Å². The van der Waals surface area contributed by atoms with Crippen molar-refractivity contribution in [1.82, 2.24) is 10.2 Å². The fraction of sp³-hybridized carbons (Fsp3) is 0.250. The summed E-state index contributed by atoms with van der Waals surface area (Å²) < 4.78 is 0. The van der Waals surface area contributed by atoms with Gasteiger partial charge in [0.1, 0.15) is 0 Å².